The number of carbonyl (C=O) groups is 1. The molecule has 1 heterocycles. The van der Waals surface area contributed by atoms with Gasteiger partial charge in [-0.25, -0.2) is 8.42 Å². The Balaban J connectivity index is 2.18. The standard InChI is InChI=1S/C15H20ClNO4S/c1-2-21-11-15(18)17-8-7-14(22(19,20)10-9-17)12-5-3-4-6-13(12)16/h3-6,14H,2,7-11H2,1H3/t14-/m1/s1. The Morgan fingerprint density at radius 3 is 2.77 bits per heavy atom. The largest absolute Gasteiger partial charge is 0.372 e. The molecule has 0 spiro atoms. The van der Waals surface area contributed by atoms with Crippen molar-refractivity contribution in [2.75, 3.05) is 32.1 Å². The summed E-state index contributed by atoms with van der Waals surface area (Å²) < 4.78 is 30.1. The molecule has 0 aliphatic carbocycles. The van der Waals surface area contributed by atoms with Crippen LogP contribution < -0.4 is 0 Å². The number of nitrogens with zero attached hydrogens (tertiary/aromatic N) is 1. The van der Waals surface area contributed by atoms with Crippen LogP contribution in [0.5, 0.6) is 0 Å². The fourth-order valence-electron chi connectivity index (χ4n) is 2.56. The van der Waals surface area contributed by atoms with Gasteiger partial charge in [-0.1, -0.05) is 29.8 Å². The van der Waals surface area contributed by atoms with Crippen LogP contribution in [0, 0.1) is 0 Å². The molecule has 1 aliphatic rings. The first-order valence-electron chi connectivity index (χ1n) is 7.27. The number of amides is 1. The summed E-state index contributed by atoms with van der Waals surface area (Å²) in [7, 11) is -3.34. The highest BCUT2D eigenvalue weighted by Gasteiger charge is 2.33. The van der Waals surface area contributed by atoms with Crippen molar-refractivity contribution in [1.29, 1.82) is 0 Å². The summed E-state index contributed by atoms with van der Waals surface area (Å²) in [5.74, 6) is -0.224. The molecule has 1 fully saturated rings. The molecular weight excluding hydrogens is 326 g/mol. The number of hydrogen-bond acceptors (Lipinski definition) is 4. The molecule has 0 bridgehead atoms. The lowest BCUT2D eigenvalue weighted by Gasteiger charge is -2.20. The van der Waals surface area contributed by atoms with E-state index in [0.29, 0.717) is 30.2 Å². The van der Waals surface area contributed by atoms with Gasteiger partial charge >= 0.3 is 0 Å². The molecule has 122 valence electrons. The fourth-order valence-corrected chi connectivity index (χ4v) is 4.71. The van der Waals surface area contributed by atoms with Gasteiger partial charge in [-0.3, -0.25) is 4.79 Å². The molecule has 1 aromatic carbocycles. The summed E-state index contributed by atoms with van der Waals surface area (Å²) in [6, 6.07) is 6.98. The van der Waals surface area contributed by atoms with Crippen molar-refractivity contribution >= 4 is 27.3 Å². The number of ether oxygens (including phenoxy) is 1. The zero-order valence-corrected chi connectivity index (χ0v) is 14.1. The van der Waals surface area contributed by atoms with Crippen molar-refractivity contribution in [2.24, 2.45) is 0 Å². The predicted octanol–water partition coefficient (Wildman–Crippen LogP) is 2.06. The molecular formula is C15H20ClNO4S. The van der Waals surface area contributed by atoms with Crippen LogP contribution in [0.3, 0.4) is 0 Å². The van der Waals surface area contributed by atoms with E-state index in [1.807, 2.05) is 6.92 Å². The summed E-state index contributed by atoms with van der Waals surface area (Å²) in [6.07, 6.45) is 0.351. The minimum atomic E-state index is -3.34. The van der Waals surface area contributed by atoms with Crippen molar-refractivity contribution in [3.8, 4) is 0 Å². The molecule has 1 saturated heterocycles. The van der Waals surface area contributed by atoms with Gasteiger partial charge in [0, 0.05) is 24.7 Å². The minimum Gasteiger partial charge on any atom is -0.372 e. The van der Waals surface area contributed by atoms with Crippen molar-refractivity contribution in [3.05, 3.63) is 34.9 Å². The molecule has 0 N–H and O–H groups in total. The Morgan fingerprint density at radius 2 is 2.09 bits per heavy atom. The van der Waals surface area contributed by atoms with E-state index in [2.05, 4.69) is 0 Å². The van der Waals surface area contributed by atoms with Crippen molar-refractivity contribution in [3.63, 3.8) is 0 Å². The second kappa shape index (κ2) is 7.44. The third kappa shape index (κ3) is 4.00. The Kier molecular flexibility index (Phi) is 5.83. The molecule has 1 aromatic rings. The number of carbonyl (C=O) groups excluding carboxylic acids is 1. The third-order valence-electron chi connectivity index (χ3n) is 3.77. The third-order valence-corrected chi connectivity index (χ3v) is 6.23. The summed E-state index contributed by atoms with van der Waals surface area (Å²) in [5, 5.41) is -0.212. The second-order valence-corrected chi connectivity index (χ2v) is 7.89. The van der Waals surface area contributed by atoms with Crippen LogP contribution in [-0.4, -0.2) is 51.3 Å². The van der Waals surface area contributed by atoms with Gasteiger partial charge in [0.1, 0.15) is 6.61 Å². The van der Waals surface area contributed by atoms with Gasteiger partial charge in [0.2, 0.25) is 5.91 Å². The number of rotatable bonds is 4. The summed E-state index contributed by atoms with van der Waals surface area (Å²) in [6.45, 7) is 2.86. The fraction of sp³-hybridized carbons (Fsp3) is 0.533. The maximum Gasteiger partial charge on any atom is 0.248 e. The van der Waals surface area contributed by atoms with E-state index in [1.165, 1.54) is 0 Å². The highest BCUT2D eigenvalue weighted by Crippen LogP contribution is 2.33. The van der Waals surface area contributed by atoms with Gasteiger partial charge < -0.3 is 9.64 Å². The maximum absolute atomic E-state index is 12.5. The Hall–Kier alpha value is -1.11. The summed E-state index contributed by atoms with van der Waals surface area (Å²) >= 11 is 6.14. The van der Waals surface area contributed by atoms with Gasteiger partial charge in [0.25, 0.3) is 0 Å². The monoisotopic (exact) mass is 345 g/mol. The summed E-state index contributed by atoms with van der Waals surface area (Å²) in [5.41, 5.74) is 0.614. The molecule has 5 nitrogen and oxygen atoms in total. The van der Waals surface area contributed by atoms with E-state index >= 15 is 0 Å². The van der Waals surface area contributed by atoms with Crippen LogP contribution in [0.2, 0.25) is 5.02 Å². The summed E-state index contributed by atoms with van der Waals surface area (Å²) in [4.78, 5) is 13.6. The molecule has 1 amide bonds. The average molecular weight is 346 g/mol. The van der Waals surface area contributed by atoms with Gasteiger partial charge in [0.05, 0.1) is 11.0 Å². The maximum atomic E-state index is 12.5. The Labute approximate surface area is 136 Å². The van der Waals surface area contributed by atoms with Crippen LogP contribution in [-0.2, 0) is 19.4 Å². The topological polar surface area (TPSA) is 63.7 Å². The van der Waals surface area contributed by atoms with Gasteiger partial charge in [0.15, 0.2) is 9.84 Å². The number of halogens is 1. The first-order valence-corrected chi connectivity index (χ1v) is 9.36. The molecule has 0 saturated carbocycles. The van der Waals surface area contributed by atoms with Gasteiger partial charge in [-0.15, -0.1) is 0 Å². The Bertz CT molecular complexity index is 632. The number of benzene rings is 1. The SMILES string of the molecule is CCOCC(=O)N1CC[C@H](c2ccccc2Cl)S(=O)(=O)CC1. The normalized spacial score (nSPS) is 21.4. The van der Waals surface area contributed by atoms with Crippen molar-refractivity contribution in [2.45, 2.75) is 18.6 Å². The number of sulfone groups is 1. The molecule has 7 heteroatoms. The first kappa shape index (κ1) is 17.2. The average Bonchev–Trinajstić information content (AvgIpc) is 2.64. The molecule has 2 rings (SSSR count). The van der Waals surface area contributed by atoms with Gasteiger partial charge in [-0.2, -0.15) is 0 Å². The van der Waals surface area contributed by atoms with Crippen molar-refractivity contribution < 1.29 is 17.9 Å². The first-order chi connectivity index (χ1) is 10.5. The van der Waals surface area contributed by atoms with E-state index in [1.54, 1.807) is 29.2 Å². The Morgan fingerprint density at radius 1 is 1.36 bits per heavy atom. The predicted molar refractivity (Wildman–Crippen MR) is 85.7 cm³/mol. The highest BCUT2D eigenvalue weighted by atomic mass is 35.5. The van der Waals surface area contributed by atoms with Crippen LogP contribution >= 0.6 is 11.6 Å². The van der Waals surface area contributed by atoms with E-state index in [4.69, 9.17) is 16.3 Å². The zero-order valence-electron chi connectivity index (χ0n) is 12.5. The van der Waals surface area contributed by atoms with E-state index < -0.39 is 15.1 Å². The zero-order chi connectivity index (χ0) is 16.2. The minimum absolute atomic E-state index is 0.00664. The van der Waals surface area contributed by atoms with E-state index in [0.717, 1.165) is 0 Å². The molecule has 0 radical (unpaired) electrons. The second-order valence-electron chi connectivity index (χ2n) is 5.18. The lowest BCUT2D eigenvalue weighted by molar-refractivity contribution is -0.135. The molecule has 0 unspecified atom stereocenters. The number of hydrogen-bond donors (Lipinski definition) is 0. The van der Waals surface area contributed by atoms with E-state index in [-0.39, 0.29) is 24.8 Å². The van der Waals surface area contributed by atoms with E-state index in [9.17, 15) is 13.2 Å². The van der Waals surface area contributed by atoms with Crippen LogP contribution in [0.4, 0.5) is 0 Å². The lowest BCUT2D eigenvalue weighted by atomic mass is 10.1. The van der Waals surface area contributed by atoms with Crippen LogP contribution in [0.25, 0.3) is 0 Å². The van der Waals surface area contributed by atoms with Crippen LogP contribution in [0.15, 0.2) is 24.3 Å². The highest BCUT2D eigenvalue weighted by molar-refractivity contribution is 7.91. The molecule has 1 atom stereocenters. The van der Waals surface area contributed by atoms with Crippen molar-refractivity contribution in [1.82, 2.24) is 4.90 Å². The lowest BCUT2D eigenvalue weighted by Crippen LogP contribution is -2.36. The molecule has 22 heavy (non-hydrogen) atoms. The quantitative estimate of drug-likeness (QED) is 0.838. The smallest absolute Gasteiger partial charge is 0.248 e. The van der Waals surface area contributed by atoms with Crippen LogP contribution in [0.1, 0.15) is 24.2 Å². The van der Waals surface area contributed by atoms with Gasteiger partial charge in [-0.05, 0) is 25.0 Å². The molecule has 1 aliphatic heterocycles. The molecule has 0 aromatic heterocycles.